The number of nitrogens with one attached hydrogen (secondary N) is 1. The largest absolute Gasteiger partial charge is 0.489 e. The molecular formula is C17H16ClNO4. The Labute approximate surface area is 139 Å². The second kappa shape index (κ2) is 7.65. The summed E-state index contributed by atoms with van der Waals surface area (Å²) in [5.41, 5.74) is 1.56. The number of hydrogen-bond donors (Lipinski definition) is 1. The first kappa shape index (κ1) is 16.8. The van der Waals surface area contributed by atoms with Crippen molar-refractivity contribution >= 4 is 29.2 Å². The average Bonchev–Trinajstić information content (AvgIpc) is 2.54. The highest BCUT2D eigenvalue weighted by molar-refractivity contribution is 6.30. The van der Waals surface area contributed by atoms with Crippen LogP contribution in [0.1, 0.15) is 22.8 Å². The third-order valence-electron chi connectivity index (χ3n) is 3.03. The van der Waals surface area contributed by atoms with Crippen LogP contribution in [0.2, 0.25) is 5.02 Å². The molecule has 0 spiro atoms. The van der Waals surface area contributed by atoms with Gasteiger partial charge in [-0.2, -0.15) is 0 Å². The van der Waals surface area contributed by atoms with Gasteiger partial charge in [-0.3, -0.25) is 4.79 Å². The molecule has 120 valence electrons. The van der Waals surface area contributed by atoms with Crippen LogP contribution in [0.4, 0.5) is 5.69 Å². The lowest BCUT2D eigenvalue weighted by atomic mass is 10.1. The predicted molar refractivity (Wildman–Crippen MR) is 87.9 cm³/mol. The van der Waals surface area contributed by atoms with Gasteiger partial charge in [0, 0.05) is 11.9 Å². The quantitative estimate of drug-likeness (QED) is 0.848. The summed E-state index contributed by atoms with van der Waals surface area (Å²) in [6.45, 7) is 1.70. The average molecular weight is 334 g/mol. The number of carbonyl (C=O) groups excluding carboxylic acids is 2. The zero-order valence-electron chi connectivity index (χ0n) is 12.8. The zero-order valence-corrected chi connectivity index (χ0v) is 13.5. The number of ether oxygens (including phenoxy) is 2. The van der Waals surface area contributed by atoms with Crippen molar-refractivity contribution in [1.29, 1.82) is 0 Å². The van der Waals surface area contributed by atoms with Gasteiger partial charge in [0.15, 0.2) is 0 Å². The zero-order chi connectivity index (χ0) is 16.8. The van der Waals surface area contributed by atoms with E-state index in [-0.39, 0.29) is 11.5 Å². The molecule has 5 nitrogen and oxygen atoms in total. The summed E-state index contributed by atoms with van der Waals surface area (Å²) in [5, 5.41) is 3.24. The number of esters is 1. The van der Waals surface area contributed by atoms with Crippen LogP contribution in [0.15, 0.2) is 42.5 Å². The number of rotatable bonds is 5. The first-order valence-corrected chi connectivity index (χ1v) is 7.24. The standard InChI is InChI=1S/C17H16ClNO4/c1-11(20)19-16-8-7-14(9-15(16)17(21)22-2)23-10-12-3-5-13(18)6-4-12/h3-9H,10H2,1-2H3,(H,19,20). The molecule has 2 aromatic carbocycles. The van der Waals surface area contributed by atoms with Gasteiger partial charge in [0.25, 0.3) is 0 Å². The monoisotopic (exact) mass is 333 g/mol. The van der Waals surface area contributed by atoms with Crippen molar-refractivity contribution in [2.24, 2.45) is 0 Å². The van der Waals surface area contributed by atoms with E-state index < -0.39 is 5.97 Å². The maximum Gasteiger partial charge on any atom is 0.340 e. The molecule has 0 aliphatic carbocycles. The molecule has 23 heavy (non-hydrogen) atoms. The van der Waals surface area contributed by atoms with Crippen molar-refractivity contribution < 1.29 is 19.1 Å². The highest BCUT2D eigenvalue weighted by Gasteiger charge is 2.14. The van der Waals surface area contributed by atoms with E-state index in [4.69, 9.17) is 21.1 Å². The lowest BCUT2D eigenvalue weighted by Crippen LogP contribution is -2.12. The highest BCUT2D eigenvalue weighted by atomic mass is 35.5. The second-order valence-corrected chi connectivity index (χ2v) is 5.23. The molecular weight excluding hydrogens is 318 g/mol. The molecule has 0 saturated heterocycles. The van der Waals surface area contributed by atoms with Crippen molar-refractivity contribution in [3.05, 3.63) is 58.6 Å². The number of halogens is 1. The van der Waals surface area contributed by atoms with E-state index >= 15 is 0 Å². The van der Waals surface area contributed by atoms with E-state index in [0.29, 0.717) is 23.1 Å². The van der Waals surface area contributed by atoms with Gasteiger partial charge < -0.3 is 14.8 Å². The molecule has 0 radical (unpaired) electrons. The smallest absolute Gasteiger partial charge is 0.340 e. The number of anilines is 1. The lowest BCUT2D eigenvalue weighted by Gasteiger charge is -2.12. The van der Waals surface area contributed by atoms with Gasteiger partial charge in [-0.1, -0.05) is 23.7 Å². The first-order chi connectivity index (χ1) is 11.0. The normalized spacial score (nSPS) is 10.0. The molecule has 0 fully saturated rings. The SMILES string of the molecule is COC(=O)c1cc(OCc2ccc(Cl)cc2)ccc1NC(C)=O. The Morgan fingerprint density at radius 2 is 1.83 bits per heavy atom. The fraction of sp³-hybridized carbons (Fsp3) is 0.176. The van der Waals surface area contributed by atoms with Gasteiger partial charge in [0.05, 0.1) is 18.4 Å². The molecule has 6 heteroatoms. The van der Waals surface area contributed by atoms with Crippen LogP contribution in [0.25, 0.3) is 0 Å². The van der Waals surface area contributed by atoms with Gasteiger partial charge >= 0.3 is 5.97 Å². The topological polar surface area (TPSA) is 64.6 Å². The number of carbonyl (C=O) groups is 2. The Morgan fingerprint density at radius 3 is 2.43 bits per heavy atom. The fourth-order valence-corrected chi connectivity index (χ4v) is 2.06. The molecule has 0 unspecified atom stereocenters. The predicted octanol–water partition coefficient (Wildman–Crippen LogP) is 3.66. The number of hydrogen-bond acceptors (Lipinski definition) is 4. The van der Waals surface area contributed by atoms with Crippen LogP contribution in [0.5, 0.6) is 5.75 Å². The van der Waals surface area contributed by atoms with Crippen molar-refractivity contribution in [1.82, 2.24) is 0 Å². The van der Waals surface area contributed by atoms with Crippen LogP contribution >= 0.6 is 11.6 Å². The van der Waals surface area contributed by atoms with Crippen molar-refractivity contribution in [2.75, 3.05) is 12.4 Å². The van der Waals surface area contributed by atoms with Gasteiger partial charge in [0.2, 0.25) is 5.91 Å². The maximum absolute atomic E-state index is 11.8. The molecule has 0 saturated carbocycles. The van der Waals surface area contributed by atoms with Crippen molar-refractivity contribution in [3.63, 3.8) is 0 Å². The van der Waals surface area contributed by atoms with E-state index in [0.717, 1.165) is 5.56 Å². The third-order valence-corrected chi connectivity index (χ3v) is 3.28. The van der Waals surface area contributed by atoms with Crippen LogP contribution in [-0.2, 0) is 16.1 Å². The minimum absolute atomic E-state index is 0.233. The number of amides is 1. The molecule has 1 N–H and O–H groups in total. The molecule has 2 aromatic rings. The molecule has 0 heterocycles. The van der Waals surface area contributed by atoms with E-state index in [1.54, 1.807) is 24.3 Å². The summed E-state index contributed by atoms with van der Waals surface area (Å²) in [6.07, 6.45) is 0. The van der Waals surface area contributed by atoms with Crippen LogP contribution in [0.3, 0.4) is 0 Å². The van der Waals surface area contributed by atoms with Crippen LogP contribution < -0.4 is 10.1 Å². The molecule has 0 atom stereocenters. The Hall–Kier alpha value is -2.53. The maximum atomic E-state index is 11.8. The number of benzene rings is 2. The molecule has 0 aliphatic heterocycles. The van der Waals surface area contributed by atoms with Gasteiger partial charge in [-0.05, 0) is 35.9 Å². The van der Waals surface area contributed by atoms with Gasteiger partial charge in [-0.15, -0.1) is 0 Å². The van der Waals surface area contributed by atoms with Crippen LogP contribution in [0, 0.1) is 0 Å². The molecule has 1 amide bonds. The Bertz CT molecular complexity index is 713. The van der Waals surface area contributed by atoms with E-state index in [1.165, 1.54) is 20.1 Å². The Morgan fingerprint density at radius 1 is 1.13 bits per heavy atom. The van der Waals surface area contributed by atoms with Gasteiger partial charge in [-0.25, -0.2) is 4.79 Å². The second-order valence-electron chi connectivity index (χ2n) is 4.80. The first-order valence-electron chi connectivity index (χ1n) is 6.87. The van der Waals surface area contributed by atoms with E-state index in [9.17, 15) is 9.59 Å². The molecule has 2 rings (SSSR count). The highest BCUT2D eigenvalue weighted by Crippen LogP contribution is 2.24. The minimum atomic E-state index is -0.550. The fourth-order valence-electron chi connectivity index (χ4n) is 1.94. The lowest BCUT2D eigenvalue weighted by molar-refractivity contribution is -0.114. The summed E-state index contributed by atoms with van der Waals surface area (Å²) < 4.78 is 10.4. The summed E-state index contributed by atoms with van der Waals surface area (Å²) in [6, 6.07) is 12.1. The summed E-state index contributed by atoms with van der Waals surface area (Å²) >= 11 is 5.83. The summed E-state index contributed by atoms with van der Waals surface area (Å²) in [7, 11) is 1.28. The Kier molecular flexibility index (Phi) is 5.60. The van der Waals surface area contributed by atoms with Crippen molar-refractivity contribution in [3.8, 4) is 5.75 Å². The Balaban J connectivity index is 2.17. The third kappa shape index (κ3) is 4.72. The van der Waals surface area contributed by atoms with Crippen LogP contribution in [-0.4, -0.2) is 19.0 Å². The molecule has 0 bridgehead atoms. The van der Waals surface area contributed by atoms with Gasteiger partial charge in [0.1, 0.15) is 12.4 Å². The summed E-state index contributed by atoms with van der Waals surface area (Å²) in [4.78, 5) is 23.0. The summed E-state index contributed by atoms with van der Waals surface area (Å²) in [5.74, 6) is -0.329. The molecule has 0 aromatic heterocycles. The number of methoxy groups -OCH3 is 1. The minimum Gasteiger partial charge on any atom is -0.489 e. The van der Waals surface area contributed by atoms with E-state index in [2.05, 4.69) is 5.32 Å². The molecule has 0 aliphatic rings. The van der Waals surface area contributed by atoms with E-state index in [1.807, 2.05) is 12.1 Å². The van der Waals surface area contributed by atoms with Crippen molar-refractivity contribution in [2.45, 2.75) is 13.5 Å².